The van der Waals surface area contributed by atoms with E-state index >= 15 is 0 Å². The predicted molar refractivity (Wildman–Crippen MR) is 48.9 cm³/mol. The average molecular weight is 196 g/mol. The molecule has 14 heavy (non-hydrogen) atoms. The van der Waals surface area contributed by atoms with Gasteiger partial charge in [0.05, 0.1) is 0 Å². The number of carbonyl (C=O) groups excluding carboxylic acids is 2. The molecule has 1 aliphatic heterocycles. The van der Waals surface area contributed by atoms with Crippen molar-refractivity contribution in [2.45, 2.75) is 26.7 Å². The van der Waals surface area contributed by atoms with Gasteiger partial charge < -0.3 is 9.47 Å². The van der Waals surface area contributed by atoms with Gasteiger partial charge in [0.2, 0.25) is 0 Å². The summed E-state index contributed by atoms with van der Waals surface area (Å²) in [6, 6.07) is 0. The smallest absolute Gasteiger partial charge is 0.336 e. The highest BCUT2D eigenvalue weighted by Gasteiger charge is 2.14. The Morgan fingerprint density at radius 1 is 1.14 bits per heavy atom. The van der Waals surface area contributed by atoms with Crippen molar-refractivity contribution in [3.63, 3.8) is 0 Å². The lowest BCUT2D eigenvalue weighted by Crippen LogP contribution is -2.11. The topological polar surface area (TPSA) is 52.6 Å². The van der Waals surface area contributed by atoms with Gasteiger partial charge in [-0.25, -0.2) is 9.59 Å². The maximum Gasteiger partial charge on any atom is 0.336 e. The quantitative estimate of drug-likeness (QED) is 0.630. The third kappa shape index (κ3) is 2.73. The van der Waals surface area contributed by atoms with Gasteiger partial charge in [0.1, 0.15) is 11.5 Å². The largest absolute Gasteiger partial charge is 0.425 e. The van der Waals surface area contributed by atoms with Gasteiger partial charge in [-0.15, -0.1) is 0 Å². The van der Waals surface area contributed by atoms with E-state index in [1.54, 1.807) is 6.92 Å². The molecule has 0 saturated carbocycles. The Balaban J connectivity index is 2.88. The highest BCUT2D eigenvalue weighted by Crippen LogP contribution is 2.16. The summed E-state index contributed by atoms with van der Waals surface area (Å²) in [4.78, 5) is 22.1. The molecule has 0 aromatic heterocycles. The van der Waals surface area contributed by atoms with Crippen molar-refractivity contribution in [1.82, 2.24) is 0 Å². The van der Waals surface area contributed by atoms with Gasteiger partial charge in [-0.05, 0) is 13.3 Å². The molecule has 0 saturated heterocycles. The number of esters is 2. The first kappa shape index (κ1) is 10.5. The van der Waals surface area contributed by atoms with E-state index in [4.69, 9.17) is 9.47 Å². The van der Waals surface area contributed by atoms with Crippen LogP contribution in [0.15, 0.2) is 23.7 Å². The van der Waals surface area contributed by atoms with Gasteiger partial charge in [0.15, 0.2) is 0 Å². The van der Waals surface area contributed by atoms with Crippen LogP contribution in [0.1, 0.15) is 26.7 Å². The number of allylic oxidation sites excluding steroid dienone is 2. The van der Waals surface area contributed by atoms with Crippen molar-refractivity contribution in [2.24, 2.45) is 0 Å². The summed E-state index contributed by atoms with van der Waals surface area (Å²) in [5.41, 5.74) is 0. The fourth-order valence-corrected chi connectivity index (χ4v) is 1.06. The van der Waals surface area contributed by atoms with Crippen molar-refractivity contribution < 1.29 is 19.1 Å². The van der Waals surface area contributed by atoms with Gasteiger partial charge in [0.25, 0.3) is 0 Å². The van der Waals surface area contributed by atoms with Crippen molar-refractivity contribution in [2.75, 3.05) is 0 Å². The van der Waals surface area contributed by atoms with E-state index in [0.29, 0.717) is 17.9 Å². The molecule has 0 aromatic rings. The second-order valence-electron chi connectivity index (χ2n) is 2.90. The van der Waals surface area contributed by atoms with Gasteiger partial charge in [-0.1, -0.05) is 6.92 Å². The lowest BCUT2D eigenvalue weighted by atomic mass is 10.2. The molecule has 0 spiro atoms. The minimum absolute atomic E-state index is 0.356. The molecule has 0 aliphatic carbocycles. The van der Waals surface area contributed by atoms with Gasteiger partial charge in [-0.2, -0.15) is 0 Å². The van der Waals surface area contributed by atoms with E-state index in [1.807, 2.05) is 6.92 Å². The Bertz CT molecular complexity index is 312. The Morgan fingerprint density at radius 2 is 1.71 bits per heavy atom. The van der Waals surface area contributed by atoms with E-state index in [-0.39, 0.29) is 0 Å². The zero-order valence-electron chi connectivity index (χ0n) is 8.20. The first-order valence-corrected chi connectivity index (χ1v) is 4.45. The van der Waals surface area contributed by atoms with Gasteiger partial charge in [0, 0.05) is 18.6 Å². The summed E-state index contributed by atoms with van der Waals surface area (Å²) in [6.07, 6.45) is 3.51. The maximum atomic E-state index is 11.1. The van der Waals surface area contributed by atoms with Crippen molar-refractivity contribution in [1.29, 1.82) is 0 Å². The monoisotopic (exact) mass is 196 g/mol. The van der Waals surface area contributed by atoms with Gasteiger partial charge >= 0.3 is 11.9 Å². The van der Waals surface area contributed by atoms with Gasteiger partial charge in [-0.3, -0.25) is 0 Å². The molecule has 0 N–H and O–H groups in total. The standard InChI is InChI=1S/C10H12O4/c1-3-4-8-7(2)13-9(11)5-6-10(12)14-8/h5-6H,3-4H2,1-2H3/b6-5-,8-7-. The molecule has 0 aromatic carbocycles. The van der Waals surface area contributed by atoms with Crippen molar-refractivity contribution in [3.05, 3.63) is 23.7 Å². The second-order valence-corrected chi connectivity index (χ2v) is 2.90. The summed E-state index contributed by atoms with van der Waals surface area (Å²) < 4.78 is 9.85. The van der Waals surface area contributed by atoms with Crippen LogP contribution in [0.4, 0.5) is 0 Å². The van der Waals surface area contributed by atoms with Crippen LogP contribution in [0.5, 0.6) is 0 Å². The Hall–Kier alpha value is -1.58. The molecule has 1 rings (SSSR count). The highest BCUT2D eigenvalue weighted by atomic mass is 16.6. The third-order valence-corrected chi connectivity index (χ3v) is 1.70. The lowest BCUT2D eigenvalue weighted by Gasteiger charge is -2.12. The summed E-state index contributed by atoms with van der Waals surface area (Å²) in [7, 11) is 0. The Kier molecular flexibility index (Phi) is 3.45. The maximum absolute atomic E-state index is 11.1. The molecular formula is C10H12O4. The average Bonchev–Trinajstić information content (AvgIpc) is 2.12. The molecule has 1 aliphatic rings. The molecule has 0 amide bonds. The Morgan fingerprint density at radius 3 is 2.29 bits per heavy atom. The van der Waals surface area contributed by atoms with Crippen molar-refractivity contribution in [3.8, 4) is 0 Å². The Labute approximate surface area is 82.2 Å². The van der Waals surface area contributed by atoms with Crippen LogP contribution >= 0.6 is 0 Å². The summed E-state index contributed by atoms with van der Waals surface area (Å²) in [6.45, 7) is 3.56. The van der Waals surface area contributed by atoms with Crippen molar-refractivity contribution >= 4 is 11.9 Å². The fourth-order valence-electron chi connectivity index (χ4n) is 1.06. The van der Waals surface area contributed by atoms with Crippen LogP contribution < -0.4 is 0 Å². The zero-order chi connectivity index (χ0) is 10.6. The van der Waals surface area contributed by atoms with Crippen LogP contribution in [0.2, 0.25) is 0 Å². The fraction of sp³-hybridized carbons (Fsp3) is 0.400. The summed E-state index contributed by atoms with van der Waals surface area (Å²) in [5, 5.41) is 0. The number of carbonyl (C=O) groups is 2. The normalized spacial score (nSPS) is 24.7. The highest BCUT2D eigenvalue weighted by molar-refractivity contribution is 5.93. The van der Waals surface area contributed by atoms with E-state index in [9.17, 15) is 9.59 Å². The first-order valence-electron chi connectivity index (χ1n) is 4.45. The van der Waals surface area contributed by atoms with E-state index in [2.05, 4.69) is 0 Å². The third-order valence-electron chi connectivity index (χ3n) is 1.70. The van der Waals surface area contributed by atoms with Crippen LogP contribution in [0.3, 0.4) is 0 Å². The second kappa shape index (κ2) is 4.60. The predicted octanol–water partition coefficient (Wildman–Crippen LogP) is 1.67. The molecule has 0 radical (unpaired) electrons. The molecule has 76 valence electrons. The molecule has 1 heterocycles. The lowest BCUT2D eigenvalue weighted by molar-refractivity contribution is -0.139. The van der Waals surface area contributed by atoms with E-state index in [1.165, 1.54) is 0 Å². The molecule has 0 fully saturated rings. The zero-order valence-corrected chi connectivity index (χ0v) is 8.20. The number of hydrogen-bond donors (Lipinski definition) is 0. The number of ether oxygens (including phenoxy) is 2. The van der Waals surface area contributed by atoms with Crippen LogP contribution in [0, 0.1) is 0 Å². The molecule has 0 bridgehead atoms. The van der Waals surface area contributed by atoms with Crippen LogP contribution in [-0.2, 0) is 19.1 Å². The summed E-state index contributed by atoms with van der Waals surface area (Å²) in [5.74, 6) is -0.304. The molecule has 0 unspecified atom stereocenters. The van der Waals surface area contributed by atoms with E-state index < -0.39 is 11.9 Å². The SMILES string of the molecule is CCC/C1=C(\C)OC(=O)/C=C\C(=O)O1. The number of hydrogen-bond acceptors (Lipinski definition) is 4. The minimum atomic E-state index is -0.548. The molecule has 4 nitrogen and oxygen atoms in total. The number of rotatable bonds is 2. The summed E-state index contributed by atoms with van der Waals surface area (Å²) >= 11 is 0. The van der Waals surface area contributed by atoms with Crippen LogP contribution in [-0.4, -0.2) is 11.9 Å². The number of cyclic esters (lactones) is 2. The van der Waals surface area contributed by atoms with Crippen LogP contribution in [0.25, 0.3) is 0 Å². The van der Waals surface area contributed by atoms with E-state index in [0.717, 1.165) is 18.6 Å². The minimum Gasteiger partial charge on any atom is -0.425 e. The molecular weight excluding hydrogens is 184 g/mol. The first-order chi connectivity index (χ1) is 6.63. The molecule has 4 heteroatoms. The molecule has 0 atom stereocenters.